The Morgan fingerprint density at radius 3 is 2.95 bits per heavy atom. The standard InChI is InChI=1S/C15H20FNO3/c1-17(8-11-3-2-4-20-10-11)9-12-5-13(15(18)19)7-14(16)6-12/h5-7,11H,2-4,8-10H2,1H3,(H,18,19). The Morgan fingerprint density at radius 1 is 1.50 bits per heavy atom. The maximum Gasteiger partial charge on any atom is 0.335 e. The van der Waals surface area contributed by atoms with E-state index in [-0.39, 0.29) is 5.56 Å². The van der Waals surface area contributed by atoms with E-state index in [0.29, 0.717) is 18.0 Å². The van der Waals surface area contributed by atoms with Crippen LogP contribution < -0.4 is 0 Å². The first kappa shape index (κ1) is 14.9. The third-order valence-corrected chi connectivity index (χ3v) is 3.48. The van der Waals surface area contributed by atoms with Gasteiger partial charge in [0.2, 0.25) is 0 Å². The molecule has 1 heterocycles. The zero-order valence-electron chi connectivity index (χ0n) is 11.6. The summed E-state index contributed by atoms with van der Waals surface area (Å²) in [6.07, 6.45) is 2.23. The summed E-state index contributed by atoms with van der Waals surface area (Å²) >= 11 is 0. The molecule has 110 valence electrons. The largest absolute Gasteiger partial charge is 0.478 e. The molecule has 1 atom stereocenters. The Hall–Kier alpha value is -1.46. The lowest BCUT2D eigenvalue weighted by Gasteiger charge is -2.27. The highest BCUT2D eigenvalue weighted by Gasteiger charge is 2.16. The van der Waals surface area contributed by atoms with E-state index in [4.69, 9.17) is 9.84 Å². The number of hydrogen-bond acceptors (Lipinski definition) is 3. The highest BCUT2D eigenvalue weighted by molar-refractivity contribution is 5.87. The molecule has 5 heteroatoms. The summed E-state index contributed by atoms with van der Waals surface area (Å²) in [5.41, 5.74) is 0.677. The first-order chi connectivity index (χ1) is 9.54. The summed E-state index contributed by atoms with van der Waals surface area (Å²) in [6, 6.07) is 3.96. The van der Waals surface area contributed by atoms with Gasteiger partial charge in [-0.15, -0.1) is 0 Å². The van der Waals surface area contributed by atoms with Crippen molar-refractivity contribution in [3.05, 3.63) is 35.1 Å². The van der Waals surface area contributed by atoms with Gasteiger partial charge in [-0.25, -0.2) is 9.18 Å². The zero-order chi connectivity index (χ0) is 14.5. The molecule has 0 aliphatic carbocycles. The van der Waals surface area contributed by atoms with Gasteiger partial charge in [-0.1, -0.05) is 0 Å². The molecule has 1 fully saturated rings. The van der Waals surface area contributed by atoms with E-state index in [1.807, 2.05) is 7.05 Å². The first-order valence-electron chi connectivity index (χ1n) is 6.83. The van der Waals surface area contributed by atoms with E-state index < -0.39 is 11.8 Å². The molecule has 1 saturated heterocycles. The number of hydrogen-bond donors (Lipinski definition) is 1. The average molecular weight is 281 g/mol. The van der Waals surface area contributed by atoms with Gasteiger partial charge in [0, 0.05) is 19.7 Å². The van der Waals surface area contributed by atoms with Crippen molar-refractivity contribution in [2.24, 2.45) is 5.92 Å². The van der Waals surface area contributed by atoms with Gasteiger partial charge in [-0.3, -0.25) is 0 Å². The van der Waals surface area contributed by atoms with E-state index in [0.717, 1.165) is 38.7 Å². The summed E-state index contributed by atoms with van der Waals surface area (Å²) in [7, 11) is 1.96. The zero-order valence-corrected chi connectivity index (χ0v) is 11.6. The van der Waals surface area contributed by atoms with Crippen molar-refractivity contribution in [2.75, 3.05) is 26.8 Å². The lowest BCUT2D eigenvalue weighted by molar-refractivity contribution is 0.0411. The van der Waals surface area contributed by atoms with Crippen LogP contribution >= 0.6 is 0 Å². The fourth-order valence-corrected chi connectivity index (χ4v) is 2.63. The summed E-state index contributed by atoms with van der Waals surface area (Å²) in [4.78, 5) is 13.0. The van der Waals surface area contributed by atoms with Crippen LogP contribution in [0.25, 0.3) is 0 Å². The van der Waals surface area contributed by atoms with Crippen LogP contribution in [0.2, 0.25) is 0 Å². The van der Waals surface area contributed by atoms with Gasteiger partial charge in [0.15, 0.2) is 0 Å². The van der Waals surface area contributed by atoms with E-state index in [1.165, 1.54) is 12.1 Å². The van der Waals surface area contributed by atoms with Crippen LogP contribution in [0, 0.1) is 11.7 Å². The van der Waals surface area contributed by atoms with Crippen molar-refractivity contribution in [1.29, 1.82) is 0 Å². The Bertz CT molecular complexity index is 472. The third-order valence-electron chi connectivity index (χ3n) is 3.48. The van der Waals surface area contributed by atoms with Crippen LogP contribution in [-0.4, -0.2) is 42.8 Å². The molecule has 4 nitrogen and oxygen atoms in total. The van der Waals surface area contributed by atoms with Gasteiger partial charge < -0.3 is 14.7 Å². The minimum atomic E-state index is -1.10. The van der Waals surface area contributed by atoms with Gasteiger partial charge >= 0.3 is 5.97 Å². The molecule has 1 aromatic rings. The van der Waals surface area contributed by atoms with Crippen LogP contribution in [0.5, 0.6) is 0 Å². The van der Waals surface area contributed by atoms with Crippen molar-refractivity contribution in [3.63, 3.8) is 0 Å². The Morgan fingerprint density at radius 2 is 2.30 bits per heavy atom. The molecule has 0 spiro atoms. The molecular formula is C15H20FNO3. The van der Waals surface area contributed by atoms with Gasteiger partial charge in [0.05, 0.1) is 12.2 Å². The van der Waals surface area contributed by atoms with Gasteiger partial charge in [0.25, 0.3) is 0 Å². The molecule has 0 radical (unpaired) electrons. The fraction of sp³-hybridized carbons (Fsp3) is 0.533. The number of carboxylic acid groups (broad SMARTS) is 1. The minimum Gasteiger partial charge on any atom is -0.478 e. The molecular weight excluding hydrogens is 261 g/mol. The van der Waals surface area contributed by atoms with Crippen molar-refractivity contribution in [3.8, 4) is 0 Å². The topological polar surface area (TPSA) is 49.8 Å². The van der Waals surface area contributed by atoms with Gasteiger partial charge in [-0.05, 0) is 49.6 Å². The highest BCUT2D eigenvalue weighted by Crippen LogP contribution is 2.16. The molecule has 2 rings (SSSR count). The van der Waals surface area contributed by atoms with Crippen LogP contribution in [0.15, 0.2) is 18.2 Å². The van der Waals surface area contributed by atoms with E-state index in [1.54, 1.807) is 0 Å². The first-order valence-corrected chi connectivity index (χ1v) is 6.83. The highest BCUT2D eigenvalue weighted by atomic mass is 19.1. The van der Waals surface area contributed by atoms with Crippen molar-refractivity contribution >= 4 is 5.97 Å². The van der Waals surface area contributed by atoms with Crippen LogP contribution in [0.3, 0.4) is 0 Å². The number of rotatable bonds is 5. The normalized spacial score (nSPS) is 19.2. The Labute approximate surface area is 118 Å². The lowest BCUT2D eigenvalue weighted by Crippen LogP contribution is -2.30. The Balaban J connectivity index is 1.96. The lowest BCUT2D eigenvalue weighted by atomic mass is 10.0. The van der Waals surface area contributed by atoms with Crippen LogP contribution in [-0.2, 0) is 11.3 Å². The number of aromatic carboxylic acids is 1. The quantitative estimate of drug-likeness (QED) is 0.900. The molecule has 1 unspecified atom stereocenters. The minimum absolute atomic E-state index is 0.00519. The molecule has 1 aliphatic rings. The number of ether oxygens (including phenoxy) is 1. The second-order valence-corrected chi connectivity index (χ2v) is 5.43. The molecule has 20 heavy (non-hydrogen) atoms. The van der Waals surface area contributed by atoms with Crippen LogP contribution in [0.4, 0.5) is 4.39 Å². The number of halogens is 1. The molecule has 0 saturated carbocycles. The van der Waals surface area contributed by atoms with Crippen LogP contribution in [0.1, 0.15) is 28.8 Å². The molecule has 1 aromatic carbocycles. The molecule has 0 amide bonds. The predicted octanol–water partition coefficient (Wildman–Crippen LogP) is 2.38. The number of carboxylic acids is 1. The van der Waals surface area contributed by atoms with Crippen molar-refractivity contribution in [2.45, 2.75) is 19.4 Å². The molecule has 0 aromatic heterocycles. The fourth-order valence-electron chi connectivity index (χ4n) is 2.63. The average Bonchev–Trinajstić information content (AvgIpc) is 2.38. The monoisotopic (exact) mass is 281 g/mol. The molecule has 1 N–H and O–H groups in total. The SMILES string of the molecule is CN(Cc1cc(F)cc(C(=O)O)c1)CC1CCCOC1. The van der Waals surface area contributed by atoms with Crippen molar-refractivity contribution in [1.82, 2.24) is 4.90 Å². The van der Waals surface area contributed by atoms with Gasteiger partial charge in [-0.2, -0.15) is 0 Å². The van der Waals surface area contributed by atoms with E-state index in [9.17, 15) is 9.18 Å². The smallest absolute Gasteiger partial charge is 0.335 e. The van der Waals surface area contributed by atoms with Gasteiger partial charge in [0.1, 0.15) is 5.82 Å². The van der Waals surface area contributed by atoms with Crippen molar-refractivity contribution < 1.29 is 19.0 Å². The summed E-state index contributed by atoms with van der Waals surface area (Å²) < 4.78 is 18.8. The number of carbonyl (C=O) groups is 1. The maximum absolute atomic E-state index is 13.4. The number of benzene rings is 1. The third kappa shape index (κ3) is 4.28. The second kappa shape index (κ2) is 6.81. The maximum atomic E-state index is 13.4. The predicted molar refractivity (Wildman–Crippen MR) is 73.2 cm³/mol. The number of nitrogens with zero attached hydrogens (tertiary/aromatic N) is 1. The summed E-state index contributed by atoms with van der Waals surface area (Å²) in [6.45, 7) is 3.02. The molecule has 0 bridgehead atoms. The van der Waals surface area contributed by atoms with E-state index in [2.05, 4.69) is 4.90 Å². The Kier molecular flexibility index (Phi) is 5.09. The van der Waals surface area contributed by atoms with E-state index >= 15 is 0 Å². The second-order valence-electron chi connectivity index (χ2n) is 5.43. The summed E-state index contributed by atoms with van der Waals surface area (Å²) in [5, 5.41) is 8.93. The molecule has 1 aliphatic heterocycles. The summed E-state index contributed by atoms with van der Waals surface area (Å²) in [5.74, 6) is -1.11.